The van der Waals surface area contributed by atoms with Gasteiger partial charge in [0.05, 0.1) is 17.4 Å². The van der Waals surface area contributed by atoms with Gasteiger partial charge >= 0.3 is 12.1 Å². The molecule has 1 saturated heterocycles. The van der Waals surface area contributed by atoms with E-state index in [1.807, 2.05) is 0 Å². The molecule has 1 rings (SSSR count). The molecule has 0 aromatic rings. The predicted octanol–water partition coefficient (Wildman–Crippen LogP) is 1.49. The molecule has 0 radical (unpaired) electrons. The second kappa shape index (κ2) is 12.2. The largest absolute Gasteiger partial charge is 0.464 e. The monoisotopic (exact) mass is 425 g/mol. The summed E-state index contributed by atoms with van der Waals surface area (Å²) in [5.74, 6) is -0.502. The number of amides is 1. The second-order valence-electron chi connectivity index (χ2n) is 7.52. The van der Waals surface area contributed by atoms with Crippen molar-refractivity contribution in [3.05, 3.63) is 0 Å². The zero-order valence-electron chi connectivity index (χ0n) is 16.9. The van der Waals surface area contributed by atoms with E-state index in [-0.39, 0.29) is 19.6 Å². The number of esters is 1. The number of rotatable bonds is 11. The highest BCUT2D eigenvalue weighted by Gasteiger charge is 2.37. The third-order valence-electron chi connectivity index (χ3n) is 3.94. The highest BCUT2D eigenvalue weighted by molar-refractivity contribution is 5.82. The number of likely N-dealkylation sites (tertiary alicyclic amines) is 1. The third-order valence-corrected chi connectivity index (χ3v) is 3.94. The van der Waals surface area contributed by atoms with Crippen LogP contribution in [0.3, 0.4) is 0 Å². The van der Waals surface area contributed by atoms with Gasteiger partial charge in [0.15, 0.2) is 0 Å². The molecule has 13 heteroatoms. The maximum atomic E-state index is 12.3. The molecule has 0 bridgehead atoms. The highest BCUT2D eigenvalue weighted by atomic mass is 17.1. The van der Waals surface area contributed by atoms with Gasteiger partial charge in [0, 0.05) is 6.54 Å². The Morgan fingerprint density at radius 2 is 1.83 bits per heavy atom. The normalized spacial score (nSPS) is 18.4. The summed E-state index contributed by atoms with van der Waals surface area (Å²) in [6.45, 7) is 5.42. The molecule has 0 aliphatic carbocycles. The zero-order chi connectivity index (χ0) is 22.0. The van der Waals surface area contributed by atoms with E-state index in [2.05, 4.69) is 9.68 Å². The van der Waals surface area contributed by atoms with Crippen molar-refractivity contribution < 1.29 is 49.6 Å². The summed E-state index contributed by atoms with van der Waals surface area (Å²) < 4.78 is 10.6. The fourth-order valence-corrected chi connectivity index (χ4v) is 2.74. The van der Waals surface area contributed by atoms with Gasteiger partial charge in [0.25, 0.3) is 0 Å². The Morgan fingerprint density at radius 3 is 2.41 bits per heavy atom. The van der Waals surface area contributed by atoms with Crippen molar-refractivity contribution in [2.45, 2.75) is 70.6 Å². The number of unbranched alkanes of at least 4 members (excludes halogenated alkanes) is 1. The van der Waals surface area contributed by atoms with Crippen LogP contribution in [0.2, 0.25) is 0 Å². The number of hydrogen-bond donors (Lipinski definition) is 4. The van der Waals surface area contributed by atoms with Gasteiger partial charge in [0.2, 0.25) is 0 Å². The summed E-state index contributed by atoms with van der Waals surface area (Å²) in [6, 6.07) is -0.674. The lowest BCUT2D eigenvalue weighted by Gasteiger charge is -2.27. The quantitative estimate of drug-likeness (QED) is 0.215. The van der Waals surface area contributed by atoms with Crippen LogP contribution in [-0.2, 0) is 23.9 Å². The van der Waals surface area contributed by atoms with Crippen molar-refractivity contribution in [2.24, 2.45) is 0 Å². The third kappa shape index (κ3) is 10.7. The minimum absolute atomic E-state index is 0.0964. The zero-order valence-corrected chi connectivity index (χ0v) is 16.9. The number of nitrogens with zero attached hydrogens (tertiary/aromatic N) is 3. The molecule has 0 spiro atoms. The molecule has 29 heavy (non-hydrogen) atoms. The fourth-order valence-electron chi connectivity index (χ4n) is 2.74. The first-order chi connectivity index (χ1) is 13.5. The minimum atomic E-state index is -0.889. The Balaban J connectivity index is 2.35. The molecule has 1 amide bonds. The molecule has 0 saturated carbocycles. The highest BCUT2D eigenvalue weighted by Crippen LogP contribution is 2.22. The maximum Gasteiger partial charge on any atom is 0.411 e. The Hall–Kier alpha value is -1.58. The Morgan fingerprint density at radius 1 is 1.14 bits per heavy atom. The Kier molecular flexibility index (Phi) is 10.7. The van der Waals surface area contributed by atoms with Gasteiger partial charge in [-0.25, -0.2) is 19.3 Å². The van der Waals surface area contributed by atoms with Crippen LogP contribution in [0.15, 0.2) is 0 Å². The van der Waals surface area contributed by atoms with E-state index in [9.17, 15) is 9.59 Å². The summed E-state index contributed by atoms with van der Waals surface area (Å²) >= 11 is 0. The molecule has 1 aliphatic heterocycles. The van der Waals surface area contributed by atoms with E-state index in [1.54, 1.807) is 20.8 Å². The van der Waals surface area contributed by atoms with Gasteiger partial charge in [-0.05, 0) is 52.9 Å². The molecule has 0 aromatic heterocycles. The van der Waals surface area contributed by atoms with Gasteiger partial charge in [0.1, 0.15) is 24.4 Å². The van der Waals surface area contributed by atoms with Crippen molar-refractivity contribution >= 4 is 12.1 Å². The van der Waals surface area contributed by atoms with E-state index >= 15 is 0 Å². The Labute approximate surface area is 168 Å². The standard InChI is InChI=1S/C16H31N3O10/c1-16(2,3)28-15(21)17-9-6-8-13(17)14(20)26-10-5-4-7-12(29-19(24)25)11-27-18(22)23/h12-13,22-25H,4-11H2,1-3H3/t12-,13?/m1/s1. The van der Waals surface area contributed by atoms with Gasteiger partial charge in [-0.1, -0.05) is 0 Å². The molecular formula is C16H31N3O10. The van der Waals surface area contributed by atoms with Crippen molar-refractivity contribution in [1.29, 1.82) is 0 Å². The lowest BCUT2D eigenvalue weighted by Crippen LogP contribution is -2.44. The molecular weight excluding hydrogens is 394 g/mol. The summed E-state index contributed by atoms with van der Waals surface area (Å²) in [6.07, 6.45) is 0.889. The van der Waals surface area contributed by atoms with Crippen molar-refractivity contribution in [3.8, 4) is 0 Å². The smallest absolute Gasteiger partial charge is 0.411 e. The van der Waals surface area contributed by atoms with Crippen molar-refractivity contribution in [2.75, 3.05) is 19.8 Å². The SMILES string of the molecule is CC(C)(C)OC(=O)N1CCCC1C(=O)OCCCC[C@H](CON(O)O)ON(O)O. The van der Waals surface area contributed by atoms with Crippen molar-refractivity contribution in [3.63, 3.8) is 0 Å². The van der Waals surface area contributed by atoms with Crippen LogP contribution < -0.4 is 0 Å². The van der Waals surface area contributed by atoms with Crippen LogP contribution in [0.1, 0.15) is 52.9 Å². The average molecular weight is 425 g/mol. The fraction of sp³-hybridized carbons (Fsp3) is 0.875. The van der Waals surface area contributed by atoms with E-state index < -0.39 is 40.6 Å². The summed E-state index contributed by atoms with van der Waals surface area (Å²) in [5.41, 5.74) is -0.655. The first-order valence-corrected chi connectivity index (χ1v) is 9.31. The van der Waals surface area contributed by atoms with Crippen molar-refractivity contribution in [1.82, 2.24) is 15.7 Å². The number of carbonyl (C=O) groups is 2. The van der Waals surface area contributed by atoms with E-state index in [0.717, 1.165) is 0 Å². The first kappa shape index (κ1) is 25.5. The first-order valence-electron chi connectivity index (χ1n) is 9.31. The van der Waals surface area contributed by atoms with Gasteiger partial charge in [-0.2, -0.15) is 0 Å². The summed E-state index contributed by atoms with van der Waals surface area (Å²) in [5, 5.41) is 33.4. The average Bonchev–Trinajstić information content (AvgIpc) is 3.07. The number of hydrogen-bond acceptors (Lipinski definition) is 12. The maximum absolute atomic E-state index is 12.3. The molecule has 1 aliphatic rings. The van der Waals surface area contributed by atoms with Crippen LogP contribution in [0.5, 0.6) is 0 Å². The van der Waals surface area contributed by atoms with Gasteiger partial charge in [-0.3, -0.25) is 25.7 Å². The Bertz CT molecular complexity index is 512. The second-order valence-corrected chi connectivity index (χ2v) is 7.52. The van der Waals surface area contributed by atoms with Crippen LogP contribution >= 0.6 is 0 Å². The van der Waals surface area contributed by atoms with Crippen LogP contribution in [0.4, 0.5) is 4.79 Å². The van der Waals surface area contributed by atoms with Crippen LogP contribution in [0, 0.1) is 0 Å². The molecule has 1 fully saturated rings. The molecule has 4 N–H and O–H groups in total. The van der Waals surface area contributed by atoms with E-state index in [0.29, 0.717) is 32.2 Å². The molecule has 2 atom stereocenters. The van der Waals surface area contributed by atoms with Gasteiger partial charge < -0.3 is 9.47 Å². The van der Waals surface area contributed by atoms with Crippen LogP contribution in [0.25, 0.3) is 0 Å². The van der Waals surface area contributed by atoms with Gasteiger partial charge in [-0.15, -0.1) is 0 Å². The minimum Gasteiger partial charge on any atom is -0.464 e. The number of carbonyl (C=O) groups excluding carboxylic acids is 2. The summed E-state index contributed by atoms with van der Waals surface area (Å²) in [4.78, 5) is 34.8. The predicted molar refractivity (Wildman–Crippen MR) is 92.4 cm³/mol. The van der Waals surface area contributed by atoms with E-state index in [1.165, 1.54) is 4.90 Å². The molecule has 1 unspecified atom stereocenters. The molecule has 0 aromatic carbocycles. The van der Waals surface area contributed by atoms with E-state index in [4.69, 9.17) is 30.3 Å². The molecule has 1 heterocycles. The van der Waals surface area contributed by atoms with Crippen LogP contribution in [-0.4, -0.2) is 86.1 Å². The topological polar surface area (TPSA) is 162 Å². The molecule has 170 valence electrons. The molecule has 13 nitrogen and oxygen atoms in total. The number of ether oxygens (including phenoxy) is 2. The lowest BCUT2D eigenvalue weighted by atomic mass is 10.1. The summed E-state index contributed by atoms with van der Waals surface area (Å²) in [7, 11) is 0. The lowest BCUT2D eigenvalue weighted by molar-refractivity contribution is -0.527.